The molecule has 10 N–H and O–H groups in total. The van der Waals surface area contributed by atoms with Crippen molar-refractivity contribution >= 4 is 35.6 Å². The summed E-state index contributed by atoms with van der Waals surface area (Å²) in [6.45, 7) is 1.18. The minimum absolute atomic E-state index is 0.126. The smallest absolute Gasteiger partial charge is 0.326 e. The number of carbonyl (C=O) groups is 6. The lowest BCUT2D eigenvalue weighted by atomic mass is 10.0. The molecule has 1 aromatic carbocycles. The molecule has 1 rings (SSSR count). The topological polar surface area (TPSA) is 251 Å². The van der Waals surface area contributed by atoms with Crippen LogP contribution in [0.5, 0.6) is 0 Å². The number of aliphatic hydroxyl groups excluding tert-OH is 1. The fourth-order valence-electron chi connectivity index (χ4n) is 2.94. The van der Waals surface area contributed by atoms with Crippen LogP contribution in [0.2, 0.25) is 0 Å². The summed E-state index contributed by atoms with van der Waals surface area (Å²) in [5.74, 6) is -6.90. The predicted octanol–water partition coefficient (Wildman–Crippen LogP) is -3.17. The summed E-state index contributed by atoms with van der Waals surface area (Å²) < 4.78 is 0. The second-order valence-electron chi connectivity index (χ2n) is 7.75. The van der Waals surface area contributed by atoms with Gasteiger partial charge < -0.3 is 42.7 Å². The average Bonchev–Trinajstić information content (AvgIpc) is 2.75. The molecule has 0 aliphatic carbocycles. The minimum Gasteiger partial charge on any atom is -0.481 e. The Labute approximate surface area is 200 Å². The molecule has 35 heavy (non-hydrogen) atoms. The number of carbonyl (C=O) groups excluding carboxylic acids is 4. The predicted molar refractivity (Wildman–Crippen MR) is 119 cm³/mol. The highest BCUT2D eigenvalue weighted by molar-refractivity contribution is 5.95. The Kier molecular flexibility index (Phi) is 11.3. The zero-order valence-corrected chi connectivity index (χ0v) is 18.8. The number of hydrogen-bond donors (Lipinski definition) is 8. The van der Waals surface area contributed by atoms with Crippen LogP contribution in [0.25, 0.3) is 0 Å². The molecule has 0 aliphatic rings. The summed E-state index contributed by atoms with van der Waals surface area (Å²) in [5.41, 5.74) is 11.1. The molecule has 0 spiro atoms. The Hall–Kier alpha value is -4.04. The van der Waals surface area contributed by atoms with Gasteiger partial charge in [0.25, 0.3) is 0 Å². The molecule has 0 fully saturated rings. The van der Waals surface area contributed by atoms with Crippen LogP contribution in [0.4, 0.5) is 0 Å². The zero-order chi connectivity index (χ0) is 26.7. The van der Waals surface area contributed by atoms with E-state index in [1.54, 1.807) is 30.3 Å². The molecule has 0 saturated heterocycles. The zero-order valence-electron chi connectivity index (χ0n) is 18.8. The average molecular weight is 495 g/mol. The third-order valence-electron chi connectivity index (χ3n) is 4.73. The summed E-state index contributed by atoms with van der Waals surface area (Å²) in [6, 6.07) is 2.14. The van der Waals surface area contributed by atoms with E-state index in [9.17, 15) is 39.0 Å². The van der Waals surface area contributed by atoms with Gasteiger partial charge in [-0.2, -0.15) is 0 Å². The number of aliphatic hydroxyl groups is 1. The number of carboxylic acids is 2. The number of nitrogens with one attached hydrogen (secondary N) is 3. The van der Waals surface area contributed by atoms with Crippen molar-refractivity contribution in [1.82, 2.24) is 16.0 Å². The summed E-state index contributed by atoms with van der Waals surface area (Å²) in [6.07, 6.45) is -3.01. The first-order chi connectivity index (χ1) is 16.3. The molecule has 0 radical (unpaired) electrons. The van der Waals surface area contributed by atoms with E-state index in [1.807, 2.05) is 0 Å². The molecular formula is C21H29N5O9. The van der Waals surface area contributed by atoms with Crippen molar-refractivity contribution in [2.75, 3.05) is 0 Å². The van der Waals surface area contributed by atoms with Crippen LogP contribution in [-0.4, -0.2) is 81.2 Å². The van der Waals surface area contributed by atoms with E-state index in [-0.39, 0.29) is 6.42 Å². The van der Waals surface area contributed by atoms with Crippen molar-refractivity contribution in [2.45, 2.75) is 56.5 Å². The monoisotopic (exact) mass is 495 g/mol. The Morgan fingerprint density at radius 3 is 1.91 bits per heavy atom. The fourth-order valence-corrected chi connectivity index (χ4v) is 2.94. The molecule has 4 amide bonds. The third kappa shape index (κ3) is 10.2. The molecule has 5 atom stereocenters. The molecule has 14 heteroatoms. The van der Waals surface area contributed by atoms with Crippen LogP contribution >= 0.6 is 0 Å². The highest BCUT2D eigenvalue weighted by Crippen LogP contribution is 2.06. The van der Waals surface area contributed by atoms with Crippen LogP contribution in [0.1, 0.15) is 25.3 Å². The van der Waals surface area contributed by atoms with Gasteiger partial charge >= 0.3 is 11.9 Å². The van der Waals surface area contributed by atoms with Gasteiger partial charge in [-0.25, -0.2) is 4.79 Å². The van der Waals surface area contributed by atoms with E-state index in [4.69, 9.17) is 16.6 Å². The molecule has 5 unspecified atom stereocenters. The normalized spacial score (nSPS) is 14.9. The maximum Gasteiger partial charge on any atom is 0.326 e. The van der Waals surface area contributed by atoms with Gasteiger partial charge in [0.2, 0.25) is 23.6 Å². The summed E-state index contributed by atoms with van der Waals surface area (Å²) in [4.78, 5) is 71.1. The molecule has 0 aliphatic heterocycles. The van der Waals surface area contributed by atoms with Gasteiger partial charge in [-0.15, -0.1) is 0 Å². The molecule has 0 bridgehead atoms. The second kappa shape index (κ2) is 13.6. The van der Waals surface area contributed by atoms with Gasteiger partial charge in [0.05, 0.1) is 25.0 Å². The first-order valence-electron chi connectivity index (χ1n) is 10.4. The number of amides is 4. The van der Waals surface area contributed by atoms with Crippen molar-refractivity contribution in [2.24, 2.45) is 11.5 Å². The summed E-state index contributed by atoms with van der Waals surface area (Å²) >= 11 is 0. The lowest BCUT2D eigenvalue weighted by molar-refractivity contribution is -0.147. The van der Waals surface area contributed by atoms with Crippen LogP contribution in [0, 0.1) is 0 Å². The number of primary amides is 1. The molecule has 1 aromatic rings. The quantitative estimate of drug-likeness (QED) is 0.128. The summed E-state index contributed by atoms with van der Waals surface area (Å²) in [7, 11) is 0. The van der Waals surface area contributed by atoms with Crippen molar-refractivity contribution < 1.29 is 44.1 Å². The van der Waals surface area contributed by atoms with Crippen molar-refractivity contribution in [3.05, 3.63) is 35.9 Å². The van der Waals surface area contributed by atoms with E-state index in [0.29, 0.717) is 5.56 Å². The van der Waals surface area contributed by atoms with Crippen molar-refractivity contribution in [1.29, 1.82) is 0 Å². The maximum absolute atomic E-state index is 12.9. The van der Waals surface area contributed by atoms with E-state index < -0.39 is 78.7 Å². The van der Waals surface area contributed by atoms with E-state index in [2.05, 4.69) is 16.0 Å². The molecule has 0 heterocycles. The Balaban J connectivity index is 3.10. The minimum atomic E-state index is -1.77. The van der Waals surface area contributed by atoms with Gasteiger partial charge in [0.1, 0.15) is 18.1 Å². The van der Waals surface area contributed by atoms with E-state index in [0.717, 1.165) is 0 Å². The van der Waals surface area contributed by atoms with Gasteiger partial charge in [-0.05, 0) is 12.5 Å². The van der Waals surface area contributed by atoms with Crippen molar-refractivity contribution in [3.63, 3.8) is 0 Å². The number of rotatable bonds is 14. The van der Waals surface area contributed by atoms with Crippen LogP contribution in [-0.2, 0) is 35.2 Å². The molecule has 0 aromatic heterocycles. The summed E-state index contributed by atoms with van der Waals surface area (Å²) in [5, 5.41) is 34.7. The number of hydrogen-bond acceptors (Lipinski definition) is 8. The standard InChI is InChI=1S/C21H29N5O9/c1-10(27)17(26-18(31)12(22)8-15(23)28)20(33)24-13(7-11-5-3-2-4-6-11)19(32)25-14(21(34)35)9-16(29)30/h2-6,10,12-14,17,27H,7-9,22H2,1H3,(H2,23,28)(H,24,33)(H,25,32)(H,26,31)(H,29,30)(H,34,35). The highest BCUT2D eigenvalue weighted by atomic mass is 16.4. The van der Waals surface area contributed by atoms with Crippen LogP contribution in [0.15, 0.2) is 30.3 Å². The molecular weight excluding hydrogens is 466 g/mol. The van der Waals surface area contributed by atoms with Gasteiger partial charge in [-0.3, -0.25) is 24.0 Å². The lowest BCUT2D eigenvalue weighted by Gasteiger charge is -2.26. The largest absolute Gasteiger partial charge is 0.481 e. The van der Waals surface area contributed by atoms with E-state index >= 15 is 0 Å². The highest BCUT2D eigenvalue weighted by Gasteiger charge is 2.33. The van der Waals surface area contributed by atoms with Gasteiger partial charge in [0, 0.05) is 6.42 Å². The Morgan fingerprint density at radius 2 is 1.43 bits per heavy atom. The number of benzene rings is 1. The lowest BCUT2D eigenvalue weighted by Crippen LogP contribution is -2.60. The first-order valence-corrected chi connectivity index (χ1v) is 10.4. The Bertz CT molecular complexity index is 938. The van der Waals surface area contributed by atoms with Crippen molar-refractivity contribution in [3.8, 4) is 0 Å². The van der Waals surface area contributed by atoms with E-state index in [1.165, 1.54) is 6.92 Å². The fraction of sp³-hybridized carbons (Fsp3) is 0.429. The van der Waals surface area contributed by atoms with Gasteiger partial charge in [0.15, 0.2) is 0 Å². The number of carboxylic acid groups (broad SMARTS) is 2. The van der Waals surface area contributed by atoms with Crippen LogP contribution in [0.3, 0.4) is 0 Å². The molecule has 14 nitrogen and oxygen atoms in total. The SMILES string of the molecule is CC(O)C(NC(=O)C(N)CC(N)=O)C(=O)NC(Cc1ccccc1)C(=O)NC(CC(=O)O)C(=O)O. The number of aliphatic carboxylic acids is 2. The number of nitrogens with two attached hydrogens (primary N) is 2. The second-order valence-corrected chi connectivity index (χ2v) is 7.75. The maximum atomic E-state index is 12.9. The Morgan fingerprint density at radius 1 is 0.857 bits per heavy atom. The first kappa shape index (κ1) is 29.0. The molecule has 192 valence electrons. The van der Waals surface area contributed by atoms with Gasteiger partial charge in [-0.1, -0.05) is 30.3 Å². The van der Waals surface area contributed by atoms with Crippen LogP contribution < -0.4 is 27.4 Å². The third-order valence-corrected chi connectivity index (χ3v) is 4.73. The molecule has 0 saturated carbocycles.